The summed E-state index contributed by atoms with van der Waals surface area (Å²) < 4.78 is 5.63. The Labute approximate surface area is 99.3 Å². The Morgan fingerprint density at radius 1 is 1.47 bits per heavy atom. The Hall–Kier alpha value is -1.81. The predicted octanol–water partition coefficient (Wildman–Crippen LogP) is 1.67. The third kappa shape index (κ3) is 1.37. The van der Waals surface area contributed by atoms with E-state index >= 15 is 0 Å². The summed E-state index contributed by atoms with van der Waals surface area (Å²) in [5.41, 5.74) is -0.327. The number of hydrogen-bond donors (Lipinski definition) is 2. The van der Waals surface area contributed by atoms with Gasteiger partial charge in [-0.05, 0) is 6.07 Å². The molecule has 3 rings (SSSR count). The zero-order valence-corrected chi connectivity index (χ0v) is 9.55. The Balaban J connectivity index is 2.21. The highest BCUT2D eigenvalue weighted by atomic mass is 16.5. The third-order valence-electron chi connectivity index (χ3n) is 3.36. The van der Waals surface area contributed by atoms with E-state index in [1.807, 2.05) is 31.2 Å². The Bertz CT molecular complexity index is 524. The fourth-order valence-corrected chi connectivity index (χ4v) is 2.34. The third-order valence-corrected chi connectivity index (χ3v) is 3.36. The van der Waals surface area contributed by atoms with E-state index in [0.717, 1.165) is 11.3 Å². The van der Waals surface area contributed by atoms with Gasteiger partial charge in [-0.3, -0.25) is 0 Å². The number of aromatic amines is 1. The van der Waals surface area contributed by atoms with Crippen molar-refractivity contribution >= 4 is 0 Å². The van der Waals surface area contributed by atoms with Gasteiger partial charge >= 0.3 is 0 Å². The smallest absolute Gasteiger partial charge is 0.156 e. The minimum absolute atomic E-state index is 0.0523. The molecule has 0 bridgehead atoms. The van der Waals surface area contributed by atoms with Crippen molar-refractivity contribution in [3.05, 3.63) is 48.0 Å². The summed E-state index contributed by atoms with van der Waals surface area (Å²) in [4.78, 5) is 7.20. The topological polar surface area (TPSA) is 58.1 Å². The Morgan fingerprint density at radius 2 is 2.29 bits per heavy atom. The van der Waals surface area contributed by atoms with E-state index in [1.54, 1.807) is 12.4 Å². The fraction of sp³-hybridized carbons (Fsp3) is 0.308. The van der Waals surface area contributed by atoms with Gasteiger partial charge in [0.15, 0.2) is 5.60 Å². The quantitative estimate of drug-likeness (QED) is 0.783. The molecule has 0 fully saturated rings. The van der Waals surface area contributed by atoms with Crippen LogP contribution < -0.4 is 4.74 Å². The van der Waals surface area contributed by atoms with Gasteiger partial charge in [0.05, 0.1) is 6.61 Å². The molecule has 2 atom stereocenters. The van der Waals surface area contributed by atoms with Crippen LogP contribution in [0.4, 0.5) is 0 Å². The highest BCUT2D eigenvalue weighted by Crippen LogP contribution is 2.43. The molecule has 1 aliphatic heterocycles. The molecule has 88 valence electrons. The molecular formula is C13H14N2O2. The van der Waals surface area contributed by atoms with Crippen LogP contribution >= 0.6 is 0 Å². The summed E-state index contributed by atoms with van der Waals surface area (Å²) in [6.07, 6.45) is 3.37. The normalized spacial score (nSPS) is 27.3. The minimum Gasteiger partial charge on any atom is -0.493 e. The number of hydrogen-bond acceptors (Lipinski definition) is 3. The van der Waals surface area contributed by atoms with Crippen molar-refractivity contribution in [3.63, 3.8) is 0 Å². The summed E-state index contributed by atoms with van der Waals surface area (Å²) in [7, 11) is 0. The van der Waals surface area contributed by atoms with E-state index in [-0.39, 0.29) is 5.92 Å². The molecule has 1 aromatic carbocycles. The standard InChI is InChI=1S/C13H14N2O2/c1-9-8-17-11-5-3-2-4-10(11)13(9,16)12-14-6-7-15-12/h2-7,9,16H,8H2,1H3,(H,14,15). The molecule has 4 nitrogen and oxygen atoms in total. The largest absolute Gasteiger partial charge is 0.493 e. The number of H-pyrrole nitrogens is 1. The molecule has 17 heavy (non-hydrogen) atoms. The lowest BCUT2D eigenvalue weighted by Gasteiger charge is -2.38. The molecule has 0 saturated heterocycles. The van der Waals surface area contributed by atoms with Crippen LogP contribution in [0.15, 0.2) is 36.7 Å². The number of nitrogens with one attached hydrogen (secondary N) is 1. The first-order valence-corrected chi connectivity index (χ1v) is 5.67. The number of ether oxygens (including phenoxy) is 1. The second kappa shape index (κ2) is 3.60. The van der Waals surface area contributed by atoms with Gasteiger partial charge in [0.25, 0.3) is 0 Å². The van der Waals surface area contributed by atoms with Crippen molar-refractivity contribution in [2.75, 3.05) is 6.61 Å². The molecule has 0 spiro atoms. The molecule has 2 N–H and O–H groups in total. The number of aliphatic hydroxyl groups is 1. The summed E-state index contributed by atoms with van der Waals surface area (Å²) in [5.74, 6) is 1.24. The number of nitrogens with zero attached hydrogens (tertiary/aromatic N) is 1. The molecule has 0 aliphatic carbocycles. The number of benzene rings is 1. The van der Waals surface area contributed by atoms with Crippen molar-refractivity contribution in [1.82, 2.24) is 9.97 Å². The fourth-order valence-electron chi connectivity index (χ4n) is 2.34. The van der Waals surface area contributed by atoms with Crippen molar-refractivity contribution < 1.29 is 9.84 Å². The van der Waals surface area contributed by atoms with E-state index in [0.29, 0.717) is 12.4 Å². The van der Waals surface area contributed by atoms with Crippen LogP contribution in [0.2, 0.25) is 0 Å². The lowest BCUT2D eigenvalue weighted by Crippen LogP contribution is -2.42. The van der Waals surface area contributed by atoms with E-state index in [2.05, 4.69) is 9.97 Å². The maximum Gasteiger partial charge on any atom is 0.156 e. The van der Waals surface area contributed by atoms with E-state index in [4.69, 9.17) is 4.74 Å². The Kier molecular flexibility index (Phi) is 2.19. The molecule has 2 aromatic rings. The van der Waals surface area contributed by atoms with Crippen molar-refractivity contribution in [2.24, 2.45) is 5.92 Å². The highest BCUT2D eigenvalue weighted by Gasteiger charge is 2.45. The van der Waals surface area contributed by atoms with Crippen LogP contribution in [-0.2, 0) is 5.60 Å². The second-order valence-corrected chi connectivity index (χ2v) is 4.41. The maximum atomic E-state index is 11.0. The molecule has 2 unspecified atom stereocenters. The Morgan fingerprint density at radius 3 is 3.06 bits per heavy atom. The van der Waals surface area contributed by atoms with Crippen LogP contribution in [0.25, 0.3) is 0 Å². The number of rotatable bonds is 1. The van der Waals surface area contributed by atoms with Crippen LogP contribution in [0.1, 0.15) is 18.3 Å². The highest BCUT2D eigenvalue weighted by molar-refractivity contribution is 5.43. The van der Waals surface area contributed by atoms with Crippen LogP contribution in [0.3, 0.4) is 0 Å². The van der Waals surface area contributed by atoms with Crippen LogP contribution in [0.5, 0.6) is 5.75 Å². The van der Waals surface area contributed by atoms with Crippen LogP contribution in [-0.4, -0.2) is 21.7 Å². The number of imidazole rings is 1. The molecule has 2 heterocycles. The molecule has 0 saturated carbocycles. The van der Waals surface area contributed by atoms with E-state index in [1.165, 1.54) is 0 Å². The number of fused-ring (bicyclic) bond motifs is 1. The van der Waals surface area contributed by atoms with E-state index < -0.39 is 5.60 Å². The summed E-state index contributed by atoms with van der Waals surface area (Å²) in [6, 6.07) is 7.55. The average Bonchev–Trinajstić information content (AvgIpc) is 2.88. The van der Waals surface area contributed by atoms with Gasteiger partial charge in [-0.25, -0.2) is 4.98 Å². The lowest BCUT2D eigenvalue weighted by molar-refractivity contribution is -0.0225. The predicted molar refractivity (Wildman–Crippen MR) is 62.7 cm³/mol. The lowest BCUT2D eigenvalue weighted by atomic mass is 9.80. The van der Waals surface area contributed by atoms with Crippen LogP contribution in [0, 0.1) is 5.92 Å². The zero-order chi connectivity index (χ0) is 11.9. The van der Waals surface area contributed by atoms with Gasteiger partial charge in [-0.1, -0.05) is 25.1 Å². The molecule has 0 amide bonds. The average molecular weight is 230 g/mol. The first-order chi connectivity index (χ1) is 8.23. The van der Waals surface area contributed by atoms with Gasteiger partial charge in [-0.15, -0.1) is 0 Å². The number of para-hydroxylation sites is 1. The van der Waals surface area contributed by atoms with Gasteiger partial charge in [-0.2, -0.15) is 0 Å². The molecule has 4 heteroatoms. The molecule has 1 aromatic heterocycles. The molecule has 0 radical (unpaired) electrons. The molecular weight excluding hydrogens is 216 g/mol. The van der Waals surface area contributed by atoms with Gasteiger partial charge < -0.3 is 14.8 Å². The zero-order valence-electron chi connectivity index (χ0n) is 9.55. The number of aromatic nitrogens is 2. The first kappa shape index (κ1) is 10.4. The second-order valence-electron chi connectivity index (χ2n) is 4.41. The van der Waals surface area contributed by atoms with Gasteiger partial charge in [0, 0.05) is 23.9 Å². The monoisotopic (exact) mass is 230 g/mol. The van der Waals surface area contributed by atoms with Crippen molar-refractivity contribution in [1.29, 1.82) is 0 Å². The van der Waals surface area contributed by atoms with Crippen molar-refractivity contribution in [3.8, 4) is 5.75 Å². The van der Waals surface area contributed by atoms with Crippen molar-refractivity contribution in [2.45, 2.75) is 12.5 Å². The first-order valence-electron chi connectivity index (χ1n) is 5.67. The SMILES string of the molecule is CC1COc2ccccc2C1(O)c1ncc[nH]1. The summed E-state index contributed by atoms with van der Waals surface area (Å²) in [6.45, 7) is 2.44. The van der Waals surface area contributed by atoms with Gasteiger partial charge in [0.1, 0.15) is 11.6 Å². The maximum absolute atomic E-state index is 11.0. The summed E-state index contributed by atoms with van der Waals surface area (Å²) in [5, 5.41) is 11.0. The minimum atomic E-state index is -1.10. The summed E-state index contributed by atoms with van der Waals surface area (Å²) >= 11 is 0. The molecule has 1 aliphatic rings. The van der Waals surface area contributed by atoms with Gasteiger partial charge in [0.2, 0.25) is 0 Å². The van der Waals surface area contributed by atoms with E-state index in [9.17, 15) is 5.11 Å².